The van der Waals surface area contributed by atoms with Crippen LogP contribution in [0.2, 0.25) is 5.15 Å². The zero-order valence-electron chi connectivity index (χ0n) is 18.2. The fraction of sp³-hybridized carbons (Fsp3) is 0.455. The molecule has 0 radical (unpaired) electrons. The summed E-state index contributed by atoms with van der Waals surface area (Å²) in [5.74, 6) is 0.869. The van der Waals surface area contributed by atoms with E-state index in [0.717, 1.165) is 12.8 Å². The van der Waals surface area contributed by atoms with Gasteiger partial charge in [0.1, 0.15) is 11.0 Å². The number of benzene rings is 1. The molecule has 2 aromatic rings. The minimum absolute atomic E-state index is 0.0262. The van der Waals surface area contributed by atoms with Crippen LogP contribution in [0.1, 0.15) is 18.9 Å². The minimum atomic E-state index is -0.0669. The van der Waals surface area contributed by atoms with E-state index in [1.807, 2.05) is 42.2 Å². The van der Waals surface area contributed by atoms with Gasteiger partial charge in [0.15, 0.2) is 5.16 Å². The molecule has 1 aliphatic heterocycles. The molecule has 2 N–H and O–H groups in total. The van der Waals surface area contributed by atoms with E-state index in [9.17, 15) is 9.59 Å². The van der Waals surface area contributed by atoms with Gasteiger partial charge in [-0.3, -0.25) is 4.79 Å². The highest BCUT2D eigenvalue weighted by molar-refractivity contribution is 7.99. The van der Waals surface area contributed by atoms with E-state index < -0.39 is 0 Å². The molecule has 2 heterocycles. The smallest absolute Gasteiger partial charge is 0.317 e. The van der Waals surface area contributed by atoms with Gasteiger partial charge in [-0.2, -0.15) is 0 Å². The van der Waals surface area contributed by atoms with Crippen molar-refractivity contribution in [2.45, 2.75) is 24.9 Å². The van der Waals surface area contributed by atoms with Crippen LogP contribution in [0.4, 0.5) is 10.6 Å². The molecule has 0 spiro atoms. The highest BCUT2D eigenvalue weighted by Crippen LogP contribution is 2.22. The third-order valence-corrected chi connectivity index (χ3v) is 6.03. The lowest BCUT2D eigenvalue weighted by molar-refractivity contribution is -0.118. The molecule has 32 heavy (non-hydrogen) atoms. The van der Waals surface area contributed by atoms with E-state index in [1.165, 1.54) is 17.3 Å². The third-order valence-electron chi connectivity index (χ3n) is 4.99. The molecular formula is C22H29ClN6O2S. The molecule has 3 amide bonds. The normalized spacial score (nSPS) is 13.7. The van der Waals surface area contributed by atoms with Crippen LogP contribution >= 0.6 is 23.4 Å². The predicted octanol–water partition coefficient (Wildman–Crippen LogP) is 2.82. The first-order valence-corrected chi connectivity index (χ1v) is 12.2. The summed E-state index contributed by atoms with van der Waals surface area (Å²) >= 11 is 7.47. The first-order chi connectivity index (χ1) is 15.5. The number of anilines is 1. The summed E-state index contributed by atoms with van der Waals surface area (Å²) < 4.78 is 0. The number of hydrogen-bond donors (Lipinski definition) is 2. The third kappa shape index (κ3) is 7.56. The van der Waals surface area contributed by atoms with Crippen molar-refractivity contribution in [2.24, 2.45) is 0 Å². The number of piperazine rings is 1. The predicted molar refractivity (Wildman–Crippen MR) is 128 cm³/mol. The van der Waals surface area contributed by atoms with Gasteiger partial charge < -0.3 is 20.4 Å². The SMILES string of the molecule is CCCNC(=O)N1CCN(c2cc(Cl)nc(SCC(=O)NCCc3ccccc3)n2)CC1. The quantitative estimate of drug-likeness (QED) is 0.328. The zero-order chi connectivity index (χ0) is 22.8. The van der Waals surface area contributed by atoms with Crippen molar-refractivity contribution in [2.75, 3.05) is 49.9 Å². The minimum Gasteiger partial charge on any atom is -0.355 e. The number of carbonyl (C=O) groups is 2. The van der Waals surface area contributed by atoms with Crippen LogP contribution < -0.4 is 15.5 Å². The number of amides is 3. The lowest BCUT2D eigenvalue weighted by Crippen LogP contribution is -2.52. The van der Waals surface area contributed by atoms with Crippen LogP contribution in [-0.4, -0.2) is 71.8 Å². The molecule has 1 aromatic carbocycles. The number of thioether (sulfide) groups is 1. The van der Waals surface area contributed by atoms with Gasteiger partial charge in [0.05, 0.1) is 5.75 Å². The summed E-state index contributed by atoms with van der Waals surface area (Å²) in [4.78, 5) is 37.0. The Bertz CT molecular complexity index is 893. The summed E-state index contributed by atoms with van der Waals surface area (Å²) in [6.07, 6.45) is 1.70. The number of halogens is 1. The van der Waals surface area contributed by atoms with Crippen molar-refractivity contribution in [1.29, 1.82) is 0 Å². The first kappa shape index (κ1) is 24.1. The number of aromatic nitrogens is 2. The first-order valence-electron chi connectivity index (χ1n) is 10.8. The lowest BCUT2D eigenvalue weighted by atomic mass is 10.1. The Kier molecular flexibility index (Phi) is 9.43. The molecule has 172 valence electrons. The van der Waals surface area contributed by atoms with Gasteiger partial charge in [-0.25, -0.2) is 14.8 Å². The Labute approximate surface area is 198 Å². The van der Waals surface area contributed by atoms with E-state index in [4.69, 9.17) is 11.6 Å². The molecule has 1 aliphatic rings. The fourth-order valence-corrected chi connectivity index (χ4v) is 4.18. The van der Waals surface area contributed by atoms with Gasteiger partial charge in [-0.1, -0.05) is 60.6 Å². The maximum absolute atomic E-state index is 12.2. The maximum atomic E-state index is 12.2. The molecular weight excluding hydrogens is 448 g/mol. The second-order valence-corrected chi connectivity index (χ2v) is 8.74. The second-order valence-electron chi connectivity index (χ2n) is 7.41. The Balaban J connectivity index is 1.46. The van der Waals surface area contributed by atoms with E-state index in [2.05, 4.69) is 25.5 Å². The van der Waals surface area contributed by atoms with Crippen molar-refractivity contribution in [3.63, 3.8) is 0 Å². The van der Waals surface area contributed by atoms with Crippen molar-refractivity contribution in [1.82, 2.24) is 25.5 Å². The van der Waals surface area contributed by atoms with Crippen LogP contribution in [0, 0.1) is 0 Å². The van der Waals surface area contributed by atoms with Crippen molar-refractivity contribution in [3.8, 4) is 0 Å². The van der Waals surface area contributed by atoms with Crippen molar-refractivity contribution >= 4 is 41.1 Å². The summed E-state index contributed by atoms with van der Waals surface area (Å²) in [5.41, 5.74) is 1.19. The second kappa shape index (κ2) is 12.5. The molecule has 8 nitrogen and oxygen atoms in total. The van der Waals surface area contributed by atoms with Crippen LogP contribution in [-0.2, 0) is 11.2 Å². The average Bonchev–Trinajstić information content (AvgIpc) is 2.81. The van der Waals surface area contributed by atoms with Gasteiger partial charge in [0, 0.05) is 45.3 Å². The lowest BCUT2D eigenvalue weighted by Gasteiger charge is -2.35. The van der Waals surface area contributed by atoms with Gasteiger partial charge in [-0.15, -0.1) is 0 Å². The van der Waals surface area contributed by atoms with Gasteiger partial charge in [-0.05, 0) is 18.4 Å². The largest absolute Gasteiger partial charge is 0.355 e. The molecule has 10 heteroatoms. The molecule has 0 aliphatic carbocycles. The number of rotatable bonds is 9. The van der Waals surface area contributed by atoms with Crippen LogP contribution in [0.15, 0.2) is 41.6 Å². The number of urea groups is 1. The molecule has 1 fully saturated rings. The van der Waals surface area contributed by atoms with Gasteiger partial charge >= 0.3 is 6.03 Å². The van der Waals surface area contributed by atoms with Crippen LogP contribution in [0.25, 0.3) is 0 Å². The molecule has 1 aromatic heterocycles. The Morgan fingerprint density at radius 1 is 1.06 bits per heavy atom. The monoisotopic (exact) mass is 476 g/mol. The van der Waals surface area contributed by atoms with E-state index in [-0.39, 0.29) is 17.7 Å². The molecule has 3 rings (SSSR count). The highest BCUT2D eigenvalue weighted by atomic mass is 35.5. The molecule has 0 saturated carbocycles. The molecule has 0 atom stereocenters. The number of nitrogens with zero attached hydrogens (tertiary/aromatic N) is 4. The van der Waals surface area contributed by atoms with E-state index in [1.54, 1.807) is 6.07 Å². The Morgan fingerprint density at radius 3 is 2.53 bits per heavy atom. The topological polar surface area (TPSA) is 90.5 Å². The molecule has 0 bridgehead atoms. The summed E-state index contributed by atoms with van der Waals surface area (Å²) in [7, 11) is 0. The summed E-state index contributed by atoms with van der Waals surface area (Å²) in [5, 5.41) is 6.63. The Hall–Kier alpha value is -2.52. The number of nitrogens with one attached hydrogen (secondary N) is 2. The summed E-state index contributed by atoms with van der Waals surface area (Å²) in [6.45, 7) is 5.85. The van der Waals surface area contributed by atoms with Gasteiger partial charge in [0.25, 0.3) is 0 Å². The van der Waals surface area contributed by atoms with Gasteiger partial charge in [0.2, 0.25) is 5.91 Å². The van der Waals surface area contributed by atoms with E-state index >= 15 is 0 Å². The summed E-state index contributed by atoms with van der Waals surface area (Å²) in [6, 6.07) is 11.7. The van der Waals surface area contributed by atoms with Crippen LogP contribution in [0.3, 0.4) is 0 Å². The number of hydrogen-bond acceptors (Lipinski definition) is 6. The maximum Gasteiger partial charge on any atom is 0.317 e. The van der Waals surface area contributed by atoms with Crippen LogP contribution in [0.5, 0.6) is 0 Å². The van der Waals surface area contributed by atoms with Crippen molar-refractivity contribution < 1.29 is 9.59 Å². The molecule has 1 saturated heterocycles. The fourth-order valence-electron chi connectivity index (χ4n) is 3.27. The Morgan fingerprint density at radius 2 is 1.81 bits per heavy atom. The standard InChI is InChI=1S/C22H29ClN6O2S/c1-2-9-25-22(31)29-13-11-28(12-14-29)19-15-18(23)26-21(27-19)32-16-20(30)24-10-8-17-6-4-3-5-7-17/h3-7,15H,2,8-14,16H2,1H3,(H,24,30)(H,25,31). The zero-order valence-corrected chi connectivity index (χ0v) is 19.8. The number of carbonyl (C=O) groups excluding carboxylic acids is 2. The molecule has 0 unspecified atom stereocenters. The van der Waals surface area contributed by atoms with E-state index in [0.29, 0.717) is 55.4 Å². The average molecular weight is 477 g/mol. The highest BCUT2D eigenvalue weighted by Gasteiger charge is 2.22. The van der Waals surface area contributed by atoms with Crippen molar-refractivity contribution in [3.05, 3.63) is 47.1 Å².